The zero-order valence-electron chi connectivity index (χ0n) is 11.2. The fourth-order valence-electron chi connectivity index (χ4n) is 2.44. The normalized spacial score (nSPS) is 20.4. The molecule has 21 heavy (non-hydrogen) atoms. The average Bonchev–Trinajstić information content (AvgIpc) is 2.82. The Bertz CT molecular complexity index is 746. The number of thiophene rings is 1. The van der Waals surface area contributed by atoms with E-state index in [9.17, 15) is 8.42 Å². The van der Waals surface area contributed by atoms with Crippen molar-refractivity contribution in [3.05, 3.63) is 29.3 Å². The van der Waals surface area contributed by atoms with Gasteiger partial charge in [-0.05, 0) is 42.5 Å². The van der Waals surface area contributed by atoms with Gasteiger partial charge in [-0.3, -0.25) is 0 Å². The number of halogens is 2. The molecule has 0 bridgehead atoms. The molecule has 0 aliphatic carbocycles. The molecule has 1 aliphatic rings. The van der Waals surface area contributed by atoms with Crippen LogP contribution >= 0.6 is 35.3 Å². The quantitative estimate of drug-likeness (QED) is 0.887. The Morgan fingerprint density at radius 1 is 1.33 bits per heavy atom. The summed E-state index contributed by atoms with van der Waals surface area (Å²) < 4.78 is 28.1. The second kappa shape index (κ2) is 6.40. The van der Waals surface area contributed by atoms with E-state index in [4.69, 9.17) is 17.3 Å². The zero-order chi connectivity index (χ0) is 14.3. The van der Waals surface area contributed by atoms with Crippen molar-refractivity contribution in [3.63, 3.8) is 0 Å². The van der Waals surface area contributed by atoms with Crippen molar-refractivity contribution in [1.82, 2.24) is 4.31 Å². The summed E-state index contributed by atoms with van der Waals surface area (Å²) in [5, 5.41) is 1.47. The van der Waals surface area contributed by atoms with Gasteiger partial charge in [0.05, 0.1) is 0 Å². The van der Waals surface area contributed by atoms with Crippen molar-refractivity contribution in [1.29, 1.82) is 0 Å². The molecule has 0 spiro atoms. The summed E-state index contributed by atoms with van der Waals surface area (Å²) in [7, 11) is -3.44. The van der Waals surface area contributed by atoms with Gasteiger partial charge in [-0.25, -0.2) is 8.42 Å². The summed E-state index contributed by atoms with van der Waals surface area (Å²) in [5.74, 6) is 0. The molecule has 1 atom stereocenters. The van der Waals surface area contributed by atoms with Crippen LogP contribution < -0.4 is 5.73 Å². The van der Waals surface area contributed by atoms with Crippen molar-refractivity contribution in [3.8, 4) is 0 Å². The van der Waals surface area contributed by atoms with E-state index in [1.807, 2.05) is 6.07 Å². The van der Waals surface area contributed by atoms with Crippen LogP contribution in [0.25, 0.3) is 10.1 Å². The predicted molar refractivity (Wildman–Crippen MR) is 90.1 cm³/mol. The molecule has 0 amide bonds. The van der Waals surface area contributed by atoms with Crippen molar-refractivity contribution in [2.45, 2.75) is 23.1 Å². The number of hydrogen-bond donors (Lipinski definition) is 1. The Morgan fingerprint density at radius 2 is 2.10 bits per heavy atom. The van der Waals surface area contributed by atoms with Crippen molar-refractivity contribution < 1.29 is 8.42 Å². The second-order valence-corrected chi connectivity index (χ2v) is 8.70. The molecule has 2 N–H and O–H groups in total. The van der Waals surface area contributed by atoms with E-state index in [-0.39, 0.29) is 18.4 Å². The van der Waals surface area contributed by atoms with Gasteiger partial charge in [0.25, 0.3) is 10.0 Å². The van der Waals surface area contributed by atoms with Crippen LogP contribution in [0, 0.1) is 0 Å². The molecule has 1 aliphatic heterocycles. The van der Waals surface area contributed by atoms with Crippen LogP contribution in [-0.4, -0.2) is 31.9 Å². The third kappa shape index (κ3) is 3.36. The minimum Gasteiger partial charge on any atom is -0.327 e. The monoisotopic (exact) mass is 366 g/mol. The summed E-state index contributed by atoms with van der Waals surface area (Å²) in [5.41, 5.74) is 5.87. The molecule has 1 aromatic heterocycles. The first-order valence-electron chi connectivity index (χ1n) is 6.41. The SMILES string of the molecule is Cl.NC1CCCN(S(=O)(=O)c2cc3cc(Cl)ccc3s2)C1. The number of fused-ring (bicyclic) bond motifs is 1. The van der Waals surface area contributed by atoms with Crippen LogP contribution in [0.15, 0.2) is 28.5 Å². The molecule has 0 saturated carbocycles. The van der Waals surface area contributed by atoms with Gasteiger partial charge in [0.15, 0.2) is 0 Å². The van der Waals surface area contributed by atoms with Crippen LogP contribution in [0.3, 0.4) is 0 Å². The third-order valence-electron chi connectivity index (χ3n) is 3.47. The lowest BCUT2D eigenvalue weighted by atomic mass is 10.1. The third-order valence-corrected chi connectivity index (χ3v) is 7.14. The fourth-order valence-corrected chi connectivity index (χ4v) is 5.69. The van der Waals surface area contributed by atoms with Crippen LogP contribution in [0.1, 0.15) is 12.8 Å². The van der Waals surface area contributed by atoms with Crippen molar-refractivity contribution in [2.75, 3.05) is 13.1 Å². The van der Waals surface area contributed by atoms with Gasteiger partial charge < -0.3 is 5.73 Å². The van der Waals surface area contributed by atoms with Gasteiger partial charge in [-0.15, -0.1) is 23.7 Å². The average molecular weight is 367 g/mol. The number of nitrogens with two attached hydrogens (primary N) is 1. The van der Waals surface area contributed by atoms with E-state index < -0.39 is 10.0 Å². The van der Waals surface area contributed by atoms with Gasteiger partial charge in [-0.1, -0.05) is 11.6 Å². The summed E-state index contributed by atoms with van der Waals surface area (Å²) in [6.45, 7) is 0.947. The number of hydrogen-bond acceptors (Lipinski definition) is 4. The molecule has 4 nitrogen and oxygen atoms in total. The Morgan fingerprint density at radius 3 is 2.81 bits per heavy atom. The number of nitrogens with zero attached hydrogens (tertiary/aromatic N) is 1. The molecule has 8 heteroatoms. The van der Waals surface area contributed by atoms with Gasteiger partial charge >= 0.3 is 0 Å². The zero-order valence-corrected chi connectivity index (χ0v) is 14.4. The molecular weight excluding hydrogens is 351 g/mol. The van der Waals surface area contributed by atoms with E-state index in [1.165, 1.54) is 15.6 Å². The van der Waals surface area contributed by atoms with E-state index in [1.54, 1.807) is 18.2 Å². The topological polar surface area (TPSA) is 63.4 Å². The molecule has 0 radical (unpaired) electrons. The van der Waals surface area contributed by atoms with Crippen molar-refractivity contribution >= 4 is 55.5 Å². The molecule has 2 aromatic rings. The molecule has 1 aromatic carbocycles. The smallest absolute Gasteiger partial charge is 0.252 e. The van der Waals surface area contributed by atoms with E-state index in [0.29, 0.717) is 22.3 Å². The molecule has 1 saturated heterocycles. The highest BCUT2D eigenvalue weighted by Gasteiger charge is 2.30. The fraction of sp³-hybridized carbons (Fsp3) is 0.385. The van der Waals surface area contributed by atoms with Crippen LogP contribution in [0.4, 0.5) is 0 Å². The number of rotatable bonds is 2. The van der Waals surface area contributed by atoms with E-state index in [0.717, 1.165) is 22.9 Å². The minimum absolute atomic E-state index is 0. The van der Waals surface area contributed by atoms with Crippen LogP contribution in [-0.2, 0) is 10.0 Å². The molecular formula is C13H16Cl2N2O2S2. The second-order valence-electron chi connectivity index (χ2n) is 5.01. The van der Waals surface area contributed by atoms with Gasteiger partial charge in [0.1, 0.15) is 4.21 Å². The highest BCUT2D eigenvalue weighted by Crippen LogP contribution is 2.33. The lowest BCUT2D eigenvalue weighted by Crippen LogP contribution is -2.45. The van der Waals surface area contributed by atoms with Crippen molar-refractivity contribution in [2.24, 2.45) is 5.73 Å². The molecule has 2 heterocycles. The molecule has 116 valence electrons. The first kappa shape index (κ1) is 17.0. The van der Waals surface area contributed by atoms with Gasteiger partial charge in [0, 0.05) is 28.9 Å². The Labute approximate surface area is 139 Å². The number of piperidine rings is 1. The van der Waals surface area contributed by atoms with E-state index in [2.05, 4.69) is 0 Å². The summed E-state index contributed by atoms with van der Waals surface area (Å²) in [6.07, 6.45) is 1.70. The van der Waals surface area contributed by atoms with Crippen LogP contribution in [0.5, 0.6) is 0 Å². The first-order chi connectivity index (χ1) is 9.46. The minimum atomic E-state index is -3.44. The number of sulfonamides is 1. The maximum Gasteiger partial charge on any atom is 0.252 e. The van der Waals surface area contributed by atoms with Crippen LogP contribution in [0.2, 0.25) is 5.02 Å². The Kier molecular flexibility index (Phi) is 5.18. The maximum absolute atomic E-state index is 12.6. The Balaban J connectivity index is 0.00000161. The maximum atomic E-state index is 12.6. The summed E-state index contributed by atoms with van der Waals surface area (Å²) >= 11 is 7.22. The molecule has 1 unspecified atom stereocenters. The number of benzene rings is 1. The summed E-state index contributed by atoms with van der Waals surface area (Å²) in [4.78, 5) is 0. The lowest BCUT2D eigenvalue weighted by Gasteiger charge is -2.29. The lowest BCUT2D eigenvalue weighted by molar-refractivity contribution is 0.316. The first-order valence-corrected chi connectivity index (χ1v) is 9.05. The Hall–Kier alpha value is -0.370. The summed E-state index contributed by atoms with van der Waals surface area (Å²) in [6, 6.07) is 7.04. The van der Waals surface area contributed by atoms with Gasteiger partial charge in [0.2, 0.25) is 0 Å². The van der Waals surface area contributed by atoms with Gasteiger partial charge in [-0.2, -0.15) is 4.31 Å². The standard InChI is InChI=1S/C13H15ClN2O2S2.ClH/c14-10-3-4-12-9(6-10)7-13(19-12)20(17,18)16-5-1-2-11(15)8-16;/h3-4,6-7,11H,1-2,5,8,15H2;1H. The predicted octanol–water partition coefficient (Wildman–Crippen LogP) is 3.09. The molecule has 1 fully saturated rings. The highest BCUT2D eigenvalue weighted by molar-refractivity contribution is 7.91. The largest absolute Gasteiger partial charge is 0.327 e. The molecule has 3 rings (SSSR count). The van der Waals surface area contributed by atoms with E-state index >= 15 is 0 Å². The highest BCUT2D eigenvalue weighted by atomic mass is 35.5.